The van der Waals surface area contributed by atoms with Crippen molar-refractivity contribution >= 4 is 11.8 Å². The van der Waals surface area contributed by atoms with Crippen LogP contribution in [0.5, 0.6) is 0 Å². The Balaban J connectivity index is 1.91. The molecule has 0 spiro atoms. The number of carboxylic acid groups (broad SMARTS) is 1. The van der Waals surface area contributed by atoms with E-state index >= 15 is 0 Å². The molecule has 106 valence electrons. The molecule has 7 heteroatoms. The zero-order chi connectivity index (χ0) is 14.7. The van der Waals surface area contributed by atoms with Crippen LogP contribution in [-0.2, 0) is 6.54 Å². The molecule has 0 saturated carbocycles. The molecule has 3 rings (SSSR count). The Hall–Kier alpha value is -3.09. The van der Waals surface area contributed by atoms with Gasteiger partial charge in [0.15, 0.2) is 11.6 Å². The average Bonchev–Trinajstić information content (AvgIpc) is 3.18. The summed E-state index contributed by atoms with van der Waals surface area (Å²) >= 11 is 0. The van der Waals surface area contributed by atoms with Crippen LogP contribution in [0.15, 0.2) is 51.8 Å². The van der Waals surface area contributed by atoms with Crippen LogP contribution in [0.2, 0.25) is 0 Å². The number of carbonyl (C=O) groups is 1. The Morgan fingerprint density at radius 1 is 1.24 bits per heavy atom. The third-order valence-corrected chi connectivity index (χ3v) is 2.77. The second kappa shape index (κ2) is 5.49. The molecule has 0 saturated heterocycles. The second-order valence-electron chi connectivity index (χ2n) is 4.17. The Bertz CT molecular complexity index is 736. The molecule has 0 unspecified atom stereocenters. The number of aromatic nitrogens is 2. The van der Waals surface area contributed by atoms with Gasteiger partial charge in [0.2, 0.25) is 0 Å². The molecule has 0 amide bonds. The first-order valence-corrected chi connectivity index (χ1v) is 6.14. The van der Waals surface area contributed by atoms with E-state index in [4.69, 9.17) is 8.83 Å². The number of anilines is 1. The first kappa shape index (κ1) is 12.9. The summed E-state index contributed by atoms with van der Waals surface area (Å²) in [6.07, 6.45) is 4.29. The van der Waals surface area contributed by atoms with E-state index in [-0.39, 0.29) is 11.4 Å². The molecule has 0 bridgehead atoms. The molecule has 0 radical (unpaired) electrons. The predicted octanol–water partition coefficient (Wildman–Crippen LogP) is 2.64. The molecule has 0 aliphatic heterocycles. The SMILES string of the molecule is O=C(O)c1cnc(-c2ccco2)nc1NCc1ccco1. The maximum absolute atomic E-state index is 11.2. The van der Waals surface area contributed by atoms with Gasteiger partial charge >= 0.3 is 5.97 Å². The van der Waals surface area contributed by atoms with Crippen molar-refractivity contribution in [3.05, 3.63) is 54.3 Å². The van der Waals surface area contributed by atoms with Crippen LogP contribution in [0.3, 0.4) is 0 Å². The molecule has 0 aliphatic rings. The number of furan rings is 2. The molecule has 0 atom stereocenters. The largest absolute Gasteiger partial charge is 0.477 e. The summed E-state index contributed by atoms with van der Waals surface area (Å²) < 4.78 is 10.4. The minimum Gasteiger partial charge on any atom is -0.477 e. The molecular weight excluding hydrogens is 274 g/mol. The first-order valence-electron chi connectivity index (χ1n) is 6.14. The lowest BCUT2D eigenvalue weighted by atomic mass is 10.3. The number of nitrogens with one attached hydrogen (secondary N) is 1. The van der Waals surface area contributed by atoms with Crippen molar-refractivity contribution < 1.29 is 18.7 Å². The normalized spacial score (nSPS) is 10.5. The van der Waals surface area contributed by atoms with Crippen LogP contribution in [0.1, 0.15) is 16.1 Å². The van der Waals surface area contributed by atoms with Crippen molar-refractivity contribution in [1.29, 1.82) is 0 Å². The van der Waals surface area contributed by atoms with Crippen LogP contribution >= 0.6 is 0 Å². The van der Waals surface area contributed by atoms with Crippen LogP contribution in [0.25, 0.3) is 11.6 Å². The van der Waals surface area contributed by atoms with Gasteiger partial charge in [0.05, 0.1) is 19.1 Å². The van der Waals surface area contributed by atoms with Crippen molar-refractivity contribution in [2.75, 3.05) is 5.32 Å². The summed E-state index contributed by atoms with van der Waals surface area (Å²) in [5, 5.41) is 12.1. The van der Waals surface area contributed by atoms with Gasteiger partial charge in [0.25, 0.3) is 0 Å². The van der Waals surface area contributed by atoms with Crippen LogP contribution in [-0.4, -0.2) is 21.0 Å². The van der Waals surface area contributed by atoms with E-state index in [2.05, 4.69) is 15.3 Å². The quantitative estimate of drug-likeness (QED) is 0.742. The molecule has 21 heavy (non-hydrogen) atoms. The van der Waals surface area contributed by atoms with E-state index in [1.807, 2.05) is 0 Å². The summed E-state index contributed by atoms with van der Waals surface area (Å²) in [6.45, 7) is 0.321. The van der Waals surface area contributed by atoms with Crippen LogP contribution in [0.4, 0.5) is 5.82 Å². The zero-order valence-corrected chi connectivity index (χ0v) is 10.8. The summed E-state index contributed by atoms with van der Waals surface area (Å²) in [7, 11) is 0. The highest BCUT2D eigenvalue weighted by molar-refractivity contribution is 5.93. The molecule has 7 nitrogen and oxygen atoms in total. The van der Waals surface area contributed by atoms with Gasteiger partial charge in [-0.1, -0.05) is 0 Å². The molecule has 0 aliphatic carbocycles. The number of aromatic carboxylic acids is 1. The van der Waals surface area contributed by atoms with Crippen molar-refractivity contribution in [3.8, 4) is 11.6 Å². The van der Waals surface area contributed by atoms with Crippen molar-refractivity contribution in [3.63, 3.8) is 0 Å². The summed E-state index contributed by atoms with van der Waals surface area (Å²) in [4.78, 5) is 19.4. The van der Waals surface area contributed by atoms with Gasteiger partial charge in [0, 0.05) is 6.20 Å². The number of hydrogen-bond acceptors (Lipinski definition) is 6. The lowest BCUT2D eigenvalue weighted by molar-refractivity contribution is 0.0697. The predicted molar refractivity (Wildman–Crippen MR) is 72.7 cm³/mol. The molecular formula is C14H11N3O4. The molecule has 3 aromatic heterocycles. The van der Waals surface area contributed by atoms with Crippen molar-refractivity contribution in [1.82, 2.24) is 9.97 Å². The van der Waals surface area contributed by atoms with E-state index < -0.39 is 5.97 Å². The lowest BCUT2D eigenvalue weighted by Gasteiger charge is -2.08. The minimum atomic E-state index is -1.11. The fourth-order valence-corrected chi connectivity index (χ4v) is 1.78. The van der Waals surface area contributed by atoms with E-state index in [0.29, 0.717) is 23.9 Å². The van der Waals surface area contributed by atoms with E-state index in [0.717, 1.165) is 0 Å². The molecule has 3 heterocycles. The molecule has 0 fully saturated rings. The fraction of sp³-hybridized carbons (Fsp3) is 0.0714. The average molecular weight is 285 g/mol. The van der Waals surface area contributed by atoms with Gasteiger partial charge in [-0.2, -0.15) is 0 Å². The monoisotopic (exact) mass is 285 g/mol. The van der Waals surface area contributed by atoms with Gasteiger partial charge in [0.1, 0.15) is 17.1 Å². The number of nitrogens with zero attached hydrogens (tertiary/aromatic N) is 2. The third-order valence-electron chi connectivity index (χ3n) is 2.77. The standard InChI is InChI=1S/C14H11N3O4/c18-14(19)10-8-16-13(11-4-2-6-21-11)17-12(10)15-7-9-3-1-5-20-9/h1-6,8H,7H2,(H,18,19)(H,15,16,17). The Labute approximate surface area is 119 Å². The summed E-state index contributed by atoms with van der Waals surface area (Å²) in [6, 6.07) is 6.94. The highest BCUT2D eigenvalue weighted by Crippen LogP contribution is 2.20. The first-order chi connectivity index (χ1) is 10.2. The molecule has 2 N–H and O–H groups in total. The van der Waals surface area contributed by atoms with E-state index in [9.17, 15) is 9.90 Å². The number of rotatable bonds is 5. The van der Waals surface area contributed by atoms with Gasteiger partial charge in [-0.05, 0) is 24.3 Å². The summed E-state index contributed by atoms with van der Waals surface area (Å²) in [5.41, 5.74) is -0.0168. The maximum atomic E-state index is 11.2. The minimum absolute atomic E-state index is 0.0168. The molecule has 3 aromatic rings. The highest BCUT2D eigenvalue weighted by atomic mass is 16.4. The zero-order valence-electron chi connectivity index (χ0n) is 10.8. The van der Waals surface area contributed by atoms with E-state index in [1.54, 1.807) is 30.5 Å². The topological polar surface area (TPSA) is 101 Å². The van der Waals surface area contributed by atoms with Gasteiger partial charge < -0.3 is 19.3 Å². The van der Waals surface area contributed by atoms with Gasteiger partial charge in [-0.3, -0.25) is 0 Å². The molecule has 0 aromatic carbocycles. The van der Waals surface area contributed by atoms with Crippen molar-refractivity contribution in [2.45, 2.75) is 6.54 Å². The smallest absolute Gasteiger partial charge is 0.341 e. The van der Waals surface area contributed by atoms with Crippen molar-refractivity contribution in [2.24, 2.45) is 0 Å². The Kier molecular flexibility index (Phi) is 3.38. The Morgan fingerprint density at radius 3 is 2.71 bits per heavy atom. The third kappa shape index (κ3) is 2.76. The van der Waals surface area contributed by atoms with Crippen LogP contribution in [0, 0.1) is 0 Å². The fourth-order valence-electron chi connectivity index (χ4n) is 1.78. The van der Waals surface area contributed by atoms with Gasteiger partial charge in [-0.15, -0.1) is 0 Å². The number of carboxylic acids is 1. The lowest BCUT2D eigenvalue weighted by Crippen LogP contribution is -2.09. The second-order valence-corrected chi connectivity index (χ2v) is 4.17. The highest BCUT2D eigenvalue weighted by Gasteiger charge is 2.15. The van der Waals surface area contributed by atoms with Crippen LogP contribution < -0.4 is 5.32 Å². The Morgan fingerprint density at radius 2 is 2.05 bits per heavy atom. The number of hydrogen-bond donors (Lipinski definition) is 2. The van der Waals surface area contributed by atoms with E-state index in [1.165, 1.54) is 12.5 Å². The maximum Gasteiger partial charge on any atom is 0.341 e. The van der Waals surface area contributed by atoms with Gasteiger partial charge in [-0.25, -0.2) is 14.8 Å². The summed E-state index contributed by atoms with van der Waals surface area (Å²) in [5.74, 6) is 0.549.